The number of benzene rings is 1. The average Bonchev–Trinajstić information content (AvgIpc) is 2.96. The maximum absolute atomic E-state index is 12.3. The molecule has 1 aromatic heterocycles. The number of nitrogens with one attached hydrogen (secondary N) is 2. The molecule has 1 fully saturated rings. The normalized spacial score (nSPS) is 20.6. The van der Waals surface area contributed by atoms with Crippen LogP contribution in [0.5, 0.6) is 5.75 Å². The number of piperidine rings is 1. The molecule has 1 saturated heterocycles. The summed E-state index contributed by atoms with van der Waals surface area (Å²) >= 11 is 1.40. The van der Waals surface area contributed by atoms with E-state index in [1.54, 1.807) is 18.2 Å². The van der Waals surface area contributed by atoms with Crippen molar-refractivity contribution >= 4 is 34.8 Å². The van der Waals surface area contributed by atoms with Crippen LogP contribution in [0.15, 0.2) is 29.6 Å². The Morgan fingerprint density at radius 3 is 3.04 bits per heavy atom. The summed E-state index contributed by atoms with van der Waals surface area (Å²) in [6, 6.07) is 7.32. The highest BCUT2D eigenvalue weighted by Crippen LogP contribution is 2.28. The van der Waals surface area contributed by atoms with Crippen molar-refractivity contribution in [3.8, 4) is 17.0 Å². The molecule has 3 N–H and O–H groups in total. The van der Waals surface area contributed by atoms with E-state index in [2.05, 4.69) is 22.5 Å². The first kappa shape index (κ1) is 17.7. The number of aromatic hydroxyl groups is 1. The fourth-order valence-electron chi connectivity index (χ4n) is 2.71. The van der Waals surface area contributed by atoms with E-state index in [0.29, 0.717) is 11.2 Å². The van der Waals surface area contributed by atoms with Crippen LogP contribution < -0.4 is 10.6 Å². The number of hydrogen-bond donors (Lipinski definition) is 3. The Morgan fingerprint density at radius 1 is 1.48 bits per heavy atom. The first-order valence-corrected chi connectivity index (χ1v) is 8.29. The lowest BCUT2D eigenvalue weighted by Gasteiger charge is -2.26. The number of phenolic OH excluding ortho intramolecular Hbond substituents is 1. The molecule has 23 heavy (non-hydrogen) atoms. The van der Waals surface area contributed by atoms with E-state index in [1.807, 2.05) is 11.4 Å². The number of amides is 1. The van der Waals surface area contributed by atoms with Gasteiger partial charge in [-0.15, -0.1) is 23.7 Å². The van der Waals surface area contributed by atoms with Gasteiger partial charge in [0.05, 0.1) is 5.69 Å². The monoisotopic (exact) mass is 353 g/mol. The number of anilines is 1. The Labute approximate surface area is 145 Å². The zero-order valence-electron chi connectivity index (χ0n) is 12.8. The maximum atomic E-state index is 12.3. The highest BCUT2D eigenvalue weighted by atomic mass is 35.5. The van der Waals surface area contributed by atoms with Crippen molar-refractivity contribution in [3.05, 3.63) is 29.6 Å². The Bertz CT molecular complexity index is 677. The number of hydrogen-bond acceptors (Lipinski definition) is 5. The molecule has 0 unspecified atom stereocenters. The summed E-state index contributed by atoms with van der Waals surface area (Å²) in [5.41, 5.74) is 1.60. The highest BCUT2D eigenvalue weighted by Gasteiger charge is 2.25. The summed E-state index contributed by atoms with van der Waals surface area (Å²) in [7, 11) is 0. The van der Waals surface area contributed by atoms with Gasteiger partial charge in [0.1, 0.15) is 5.75 Å². The van der Waals surface area contributed by atoms with Crippen LogP contribution in [0, 0.1) is 5.92 Å². The zero-order chi connectivity index (χ0) is 15.5. The van der Waals surface area contributed by atoms with Crippen molar-refractivity contribution < 1.29 is 9.90 Å². The van der Waals surface area contributed by atoms with Crippen LogP contribution in [0.4, 0.5) is 5.13 Å². The molecular formula is C16H20ClN3O2S. The molecule has 5 nitrogen and oxygen atoms in total. The van der Waals surface area contributed by atoms with Crippen molar-refractivity contribution in [3.63, 3.8) is 0 Å². The molecular weight excluding hydrogens is 334 g/mol. The van der Waals surface area contributed by atoms with E-state index >= 15 is 0 Å². The van der Waals surface area contributed by atoms with Crippen LogP contribution in [0.3, 0.4) is 0 Å². The lowest BCUT2D eigenvalue weighted by molar-refractivity contribution is -0.120. The van der Waals surface area contributed by atoms with Gasteiger partial charge in [0.15, 0.2) is 5.13 Å². The molecule has 1 amide bonds. The standard InChI is InChI=1S/C16H19N3O2S.ClH/c1-10-7-12(5-6-17-10)15(21)19-16-18-14(9-22-16)11-3-2-4-13(20)8-11;/h2-4,8-10,12,17,20H,5-7H2,1H3,(H,18,19,21);1H/t10-,12-;/m0./s1. The SMILES string of the molecule is C[C@H]1C[C@@H](C(=O)Nc2nc(-c3cccc(O)c3)cs2)CCN1.Cl. The van der Waals surface area contributed by atoms with Crippen LogP contribution in [-0.2, 0) is 4.79 Å². The maximum Gasteiger partial charge on any atom is 0.229 e. The minimum absolute atomic E-state index is 0. The summed E-state index contributed by atoms with van der Waals surface area (Å²) in [6.45, 7) is 2.98. The van der Waals surface area contributed by atoms with Crippen molar-refractivity contribution in [2.24, 2.45) is 5.92 Å². The van der Waals surface area contributed by atoms with Gasteiger partial charge in [0.2, 0.25) is 5.91 Å². The number of carbonyl (C=O) groups excluding carboxylic acids is 1. The Kier molecular flexibility index (Phi) is 5.98. The molecule has 0 aliphatic carbocycles. The van der Waals surface area contributed by atoms with E-state index in [9.17, 15) is 9.90 Å². The van der Waals surface area contributed by atoms with Gasteiger partial charge in [-0.2, -0.15) is 0 Å². The molecule has 0 spiro atoms. The topological polar surface area (TPSA) is 74.2 Å². The Balaban J connectivity index is 0.00000192. The first-order valence-electron chi connectivity index (χ1n) is 7.41. The fraction of sp³-hybridized carbons (Fsp3) is 0.375. The van der Waals surface area contributed by atoms with E-state index in [-0.39, 0.29) is 30.0 Å². The van der Waals surface area contributed by atoms with Gasteiger partial charge in [0, 0.05) is 22.9 Å². The van der Waals surface area contributed by atoms with Gasteiger partial charge in [-0.1, -0.05) is 12.1 Å². The van der Waals surface area contributed by atoms with Gasteiger partial charge in [-0.3, -0.25) is 4.79 Å². The summed E-state index contributed by atoms with van der Waals surface area (Å²) in [4.78, 5) is 16.7. The van der Waals surface area contributed by atoms with Gasteiger partial charge < -0.3 is 15.7 Å². The highest BCUT2D eigenvalue weighted by molar-refractivity contribution is 7.14. The summed E-state index contributed by atoms with van der Waals surface area (Å²) in [5, 5.41) is 18.3. The molecule has 2 atom stereocenters. The van der Waals surface area contributed by atoms with Crippen LogP contribution in [0.1, 0.15) is 19.8 Å². The van der Waals surface area contributed by atoms with Crippen LogP contribution in [0.25, 0.3) is 11.3 Å². The van der Waals surface area contributed by atoms with Gasteiger partial charge in [0.25, 0.3) is 0 Å². The van der Waals surface area contributed by atoms with Crippen LogP contribution in [-0.4, -0.2) is 28.6 Å². The summed E-state index contributed by atoms with van der Waals surface area (Å²) in [6.07, 6.45) is 1.72. The minimum Gasteiger partial charge on any atom is -0.508 e. The summed E-state index contributed by atoms with van der Waals surface area (Å²) in [5.74, 6) is 0.300. The number of rotatable bonds is 3. The third-order valence-corrected chi connectivity index (χ3v) is 4.63. The van der Waals surface area contributed by atoms with Crippen molar-refractivity contribution in [2.75, 3.05) is 11.9 Å². The molecule has 124 valence electrons. The second kappa shape index (κ2) is 7.77. The molecule has 1 aliphatic heterocycles. The predicted octanol–water partition coefficient (Wildman–Crippen LogP) is 3.26. The Hall–Kier alpha value is -1.63. The van der Waals surface area contributed by atoms with Crippen molar-refractivity contribution in [1.82, 2.24) is 10.3 Å². The average molecular weight is 354 g/mol. The predicted molar refractivity (Wildman–Crippen MR) is 95.3 cm³/mol. The van der Waals surface area contributed by atoms with Crippen molar-refractivity contribution in [2.45, 2.75) is 25.8 Å². The number of thiazole rings is 1. The third-order valence-electron chi connectivity index (χ3n) is 3.87. The first-order chi connectivity index (χ1) is 10.6. The lowest BCUT2D eigenvalue weighted by Crippen LogP contribution is -2.40. The summed E-state index contributed by atoms with van der Waals surface area (Å²) < 4.78 is 0. The zero-order valence-corrected chi connectivity index (χ0v) is 14.4. The second-order valence-electron chi connectivity index (χ2n) is 5.65. The molecule has 3 rings (SSSR count). The van der Waals surface area contributed by atoms with E-state index in [0.717, 1.165) is 30.6 Å². The third kappa shape index (κ3) is 4.43. The number of aromatic nitrogens is 1. The molecule has 0 saturated carbocycles. The molecule has 2 aromatic rings. The number of halogens is 1. The van der Waals surface area contributed by atoms with Crippen LogP contribution in [0.2, 0.25) is 0 Å². The van der Waals surface area contributed by atoms with E-state index < -0.39 is 0 Å². The molecule has 2 heterocycles. The number of phenols is 1. The molecule has 0 radical (unpaired) electrons. The Morgan fingerprint density at radius 2 is 2.30 bits per heavy atom. The number of carbonyl (C=O) groups is 1. The lowest BCUT2D eigenvalue weighted by atomic mass is 9.92. The second-order valence-corrected chi connectivity index (χ2v) is 6.51. The molecule has 7 heteroatoms. The van der Waals surface area contributed by atoms with Gasteiger partial charge in [-0.25, -0.2) is 4.98 Å². The molecule has 1 aliphatic rings. The van der Waals surface area contributed by atoms with Gasteiger partial charge in [-0.05, 0) is 38.4 Å². The minimum atomic E-state index is 0. The van der Waals surface area contributed by atoms with Crippen LogP contribution >= 0.6 is 23.7 Å². The molecule has 1 aromatic carbocycles. The van der Waals surface area contributed by atoms with E-state index in [1.165, 1.54) is 11.3 Å². The smallest absolute Gasteiger partial charge is 0.229 e. The quantitative estimate of drug-likeness (QED) is 0.791. The number of nitrogens with zero attached hydrogens (tertiary/aromatic N) is 1. The van der Waals surface area contributed by atoms with E-state index in [4.69, 9.17) is 0 Å². The fourth-order valence-corrected chi connectivity index (χ4v) is 3.43. The van der Waals surface area contributed by atoms with Gasteiger partial charge >= 0.3 is 0 Å². The largest absolute Gasteiger partial charge is 0.508 e. The van der Waals surface area contributed by atoms with Crippen molar-refractivity contribution in [1.29, 1.82) is 0 Å². The molecule has 0 bridgehead atoms.